The lowest BCUT2D eigenvalue weighted by atomic mass is 10.4. The van der Waals surface area contributed by atoms with E-state index in [1.165, 1.54) is 0 Å². The van der Waals surface area contributed by atoms with Crippen LogP contribution in [0.5, 0.6) is 0 Å². The molecule has 72 valence electrons. The summed E-state index contributed by atoms with van der Waals surface area (Å²) < 4.78 is 1.64. The summed E-state index contributed by atoms with van der Waals surface area (Å²) in [6.45, 7) is 0. The molecule has 0 aromatic carbocycles. The van der Waals surface area contributed by atoms with Gasteiger partial charge in [0.15, 0.2) is 16.6 Å². The van der Waals surface area contributed by atoms with Gasteiger partial charge in [0.25, 0.3) is 0 Å². The summed E-state index contributed by atoms with van der Waals surface area (Å²) in [5, 5.41) is 13.0. The normalized spacial score (nSPS) is 16.4. The summed E-state index contributed by atoms with van der Waals surface area (Å²) in [5.41, 5.74) is 0.581. The summed E-state index contributed by atoms with van der Waals surface area (Å²) in [4.78, 5) is 0. The molecule has 0 atom stereocenters. The van der Waals surface area contributed by atoms with Crippen molar-refractivity contribution in [3.8, 4) is 0 Å². The molecule has 14 heavy (non-hydrogen) atoms. The highest BCUT2D eigenvalue weighted by Gasteiger charge is 2.29. The quantitative estimate of drug-likeness (QED) is 0.753. The van der Waals surface area contributed by atoms with E-state index < -0.39 is 0 Å². The van der Waals surface area contributed by atoms with E-state index in [2.05, 4.69) is 15.3 Å². The molecular formula is C8H6Cl2N4. The molecular weight excluding hydrogens is 223 g/mol. The Hall–Kier alpha value is -0.870. The molecule has 0 spiro atoms. The number of fused-ring (bicyclic) bond motifs is 1. The lowest BCUT2D eigenvalue weighted by Crippen LogP contribution is -1.97. The molecule has 2 heterocycles. The minimum absolute atomic E-state index is 0.365. The number of halogens is 2. The van der Waals surface area contributed by atoms with Gasteiger partial charge in [0.2, 0.25) is 0 Å². The average molecular weight is 229 g/mol. The van der Waals surface area contributed by atoms with Crippen molar-refractivity contribution in [1.82, 2.24) is 19.8 Å². The topological polar surface area (TPSA) is 43.1 Å². The van der Waals surface area contributed by atoms with E-state index in [-0.39, 0.29) is 0 Å². The van der Waals surface area contributed by atoms with E-state index in [4.69, 9.17) is 23.2 Å². The second kappa shape index (κ2) is 2.81. The van der Waals surface area contributed by atoms with Gasteiger partial charge in [-0.05, 0) is 18.9 Å². The van der Waals surface area contributed by atoms with Gasteiger partial charge in [-0.15, -0.1) is 10.2 Å². The van der Waals surface area contributed by atoms with Crippen LogP contribution in [0.15, 0.2) is 6.07 Å². The van der Waals surface area contributed by atoms with Crippen molar-refractivity contribution in [1.29, 1.82) is 0 Å². The first-order chi connectivity index (χ1) is 6.75. The lowest BCUT2D eigenvalue weighted by molar-refractivity contribution is 0.815. The Balaban J connectivity index is 2.33. The molecule has 1 saturated carbocycles. The van der Waals surface area contributed by atoms with Crippen molar-refractivity contribution < 1.29 is 0 Å². The number of hydrogen-bond acceptors (Lipinski definition) is 3. The van der Waals surface area contributed by atoms with Crippen LogP contribution in [0.25, 0.3) is 5.65 Å². The van der Waals surface area contributed by atoms with Crippen molar-refractivity contribution in [2.75, 3.05) is 0 Å². The summed E-state index contributed by atoms with van der Waals surface area (Å²) >= 11 is 11.8. The van der Waals surface area contributed by atoms with E-state index in [0.717, 1.165) is 18.7 Å². The highest BCUT2D eigenvalue weighted by atomic mass is 35.5. The molecule has 6 heteroatoms. The highest BCUT2D eigenvalue weighted by molar-refractivity contribution is 6.35. The van der Waals surface area contributed by atoms with Crippen molar-refractivity contribution in [3.63, 3.8) is 0 Å². The largest absolute Gasteiger partial charge is 0.196 e. The predicted molar refractivity (Wildman–Crippen MR) is 52.8 cm³/mol. The third-order valence-corrected chi connectivity index (χ3v) is 2.73. The van der Waals surface area contributed by atoms with Gasteiger partial charge >= 0.3 is 0 Å². The minimum Gasteiger partial charge on any atom is -0.194 e. The van der Waals surface area contributed by atoms with Crippen LogP contribution >= 0.6 is 23.2 Å². The van der Waals surface area contributed by atoms with Crippen LogP contribution in [0, 0.1) is 0 Å². The van der Waals surface area contributed by atoms with Gasteiger partial charge in [0, 0.05) is 5.92 Å². The van der Waals surface area contributed by atoms with E-state index in [0.29, 0.717) is 21.7 Å². The number of nitrogens with zero attached hydrogens (tertiary/aromatic N) is 4. The molecule has 3 rings (SSSR count). The summed E-state index contributed by atoms with van der Waals surface area (Å²) in [7, 11) is 0. The van der Waals surface area contributed by atoms with Crippen LogP contribution in [-0.4, -0.2) is 19.8 Å². The smallest absolute Gasteiger partial charge is 0.194 e. The maximum absolute atomic E-state index is 5.95. The van der Waals surface area contributed by atoms with Gasteiger partial charge in [-0.3, -0.25) is 0 Å². The number of aromatic nitrogens is 4. The third-order valence-electron chi connectivity index (χ3n) is 2.26. The zero-order valence-electron chi connectivity index (χ0n) is 7.11. The molecule has 1 aliphatic carbocycles. The maximum atomic E-state index is 5.95. The Morgan fingerprint density at radius 3 is 2.79 bits per heavy atom. The van der Waals surface area contributed by atoms with Crippen LogP contribution in [-0.2, 0) is 0 Å². The van der Waals surface area contributed by atoms with Crippen LogP contribution in [0.3, 0.4) is 0 Å². The molecule has 1 aliphatic rings. The van der Waals surface area contributed by atoms with Crippen LogP contribution in [0.2, 0.25) is 10.2 Å². The summed E-state index contributed by atoms with van der Waals surface area (Å²) in [6.07, 6.45) is 2.29. The zero-order valence-corrected chi connectivity index (χ0v) is 8.63. The van der Waals surface area contributed by atoms with Crippen molar-refractivity contribution in [2.45, 2.75) is 18.8 Å². The molecule has 1 fully saturated rings. The minimum atomic E-state index is 0.365. The molecule has 2 aromatic heterocycles. The van der Waals surface area contributed by atoms with E-state index >= 15 is 0 Å². The fourth-order valence-corrected chi connectivity index (χ4v) is 1.89. The SMILES string of the molecule is Clc1cc(Cl)c2nnc(C3CC3)n2n1. The zero-order chi connectivity index (χ0) is 9.71. The van der Waals surface area contributed by atoms with Gasteiger partial charge in [-0.25, -0.2) is 0 Å². The van der Waals surface area contributed by atoms with Crippen LogP contribution in [0.4, 0.5) is 0 Å². The average Bonchev–Trinajstić information content (AvgIpc) is 2.87. The second-order valence-electron chi connectivity index (χ2n) is 3.38. The first-order valence-electron chi connectivity index (χ1n) is 4.33. The molecule has 0 radical (unpaired) electrons. The summed E-state index contributed by atoms with van der Waals surface area (Å²) in [6, 6.07) is 1.57. The van der Waals surface area contributed by atoms with Gasteiger partial charge in [0.05, 0.1) is 5.02 Å². The van der Waals surface area contributed by atoms with Gasteiger partial charge < -0.3 is 0 Å². The Morgan fingerprint density at radius 2 is 2.07 bits per heavy atom. The van der Waals surface area contributed by atoms with Crippen molar-refractivity contribution in [3.05, 3.63) is 22.1 Å². The highest BCUT2D eigenvalue weighted by Crippen LogP contribution is 2.39. The fraction of sp³-hybridized carbons (Fsp3) is 0.375. The Labute approximate surface area is 89.8 Å². The first kappa shape index (κ1) is 8.44. The third kappa shape index (κ3) is 1.18. The number of rotatable bonds is 1. The first-order valence-corrected chi connectivity index (χ1v) is 5.08. The van der Waals surface area contributed by atoms with Crippen LogP contribution in [0.1, 0.15) is 24.6 Å². The molecule has 0 saturated heterocycles. The standard InChI is InChI=1S/C8H6Cl2N4/c9-5-3-6(10)13-14-7(4-1-2-4)11-12-8(5)14/h3-4H,1-2H2. The van der Waals surface area contributed by atoms with E-state index in [9.17, 15) is 0 Å². The van der Waals surface area contributed by atoms with E-state index in [1.54, 1.807) is 10.6 Å². The molecule has 0 unspecified atom stereocenters. The van der Waals surface area contributed by atoms with Crippen LogP contribution < -0.4 is 0 Å². The molecule has 2 aromatic rings. The predicted octanol–water partition coefficient (Wildman–Crippen LogP) is 2.31. The monoisotopic (exact) mass is 228 g/mol. The van der Waals surface area contributed by atoms with Gasteiger partial charge in [-0.2, -0.15) is 9.61 Å². The second-order valence-corrected chi connectivity index (χ2v) is 4.18. The molecule has 0 aliphatic heterocycles. The molecule has 0 bridgehead atoms. The van der Waals surface area contributed by atoms with Crippen molar-refractivity contribution >= 4 is 28.8 Å². The lowest BCUT2D eigenvalue weighted by Gasteiger charge is -1.97. The summed E-state index contributed by atoms with van der Waals surface area (Å²) in [5.74, 6) is 1.34. The van der Waals surface area contributed by atoms with Gasteiger partial charge in [-0.1, -0.05) is 23.2 Å². The molecule has 0 amide bonds. The number of hydrogen-bond donors (Lipinski definition) is 0. The van der Waals surface area contributed by atoms with E-state index in [1.807, 2.05) is 0 Å². The molecule has 4 nitrogen and oxygen atoms in total. The Morgan fingerprint density at radius 1 is 1.29 bits per heavy atom. The maximum Gasteiger partial charge on any atom is 0.196 e. The fourth-order valence-electron chi connectivity index (χ4n) is 1.43. The molecule has 0 N–H and O–H groups in total. The van der Waals surface area contributed by atoms with Gasteiger partial charge in [0.1, 0.15) is 0 Å². The van der Waals surface area contributed by atoms with Crippen molar-refractivity contribution in [2.24, 2.45) is 0 Å². The Bertz CT molecular complexity index is 503. The Kier molecular flexibility index (Phi) is 1.69.